The first-order valence-corrected chi connectivity index (χ1v) is 7.23. The van der Waals surface area contributed by atoms with E-state index in [0.29, 0.717) is 0 Å². The predicted molar refractivity (Wildman–Crippen MR) is 73.2 cm³/mol. The zero-order valence-electron chi connectivity index (χ0n) is 11.0. The lowest BCUT2D eigenvalue weighted by atomic mass is 9.76. The molecule has 0 bridgehead atoms. The first-order chi connectivity index (χ1) is 8.78. The van der Waals surface area contributed by atoms with Crippen molar-refractivity contribution in [2.24, 2.45) is 5.41 Å². The number of aliphatic hydroxyl groups is 1. The van der Waals surface area contributed by atoms with Crippen molar-refractivity contribution in [1.29, 1.82) is 0 Å². The standard InChI is InChI=1S/C16H23NO/c18-15-8-4-9-16(15)10-5-11-17(13-16)12-14-6-2-1-3-7-14/h1-3,6-7,15,18H,4-5,8-13H2/t15-,16+/m1/s1. The molecule has 2 fully saturated rings. The van der Waals surface area contributed by atoms with Crippen LogP contribution in [0, 0.1) is 5.41 Å². The molecule has 1 saturated carbocycles. The van der Waals surface area contributed by atoms with Gasteiger partial charge in [0.05, 0.1) is 6.10 Å². The lowest BCUT2D eigenvalue weighted by Crippen LogP contribution is -2.46. The molecule has 2 heteroatoms. The highest BCUT2D eigenvalue weighted by Crippen LogP contribution is 2.45. The number of benzene rings is 1. The normalized spacial score (nSPS) is 33.1. The van der Waals surface area contributed by atoms with Crippen LogP contribution >= 0.6 is 0 Å². The molecule has 3 rings (SSSR count). The van der Waals surface area contributed by atoms with Crippen LogP contribution in [-0.4, -0.2) is 29.2 Å². The number of aliphatic hydroxyl groups excluding tert-OH is 1. The van der Waals surface area contributed by atoms with Gasteiger partial charge in [-0.3, -0.25) is 4.90 Å². The van der Waals surface area contributed by atoms with Gasteiger partial charge in [-0.2, -0.15) is 0 Å². The number of nitrogens with zero attached hydrogens (tertiary/aromatic N) is 1. The second-order valence-electron chi connectivity index (χ2n) is 6.07. The third-order valence-corrected chi connectivity index (χ3v) is 4.80. The van der Waals surface area contributed by atoms with E-state index in [0.717, 1.165) is 19.5 Å². The first-order valence-electron chi connectivity index (χ1n) is 7.23. The zero-order chi connectivity index (χ0) is 12.4. The highest BCUT2D eigenvalue weighted by atomic mass is 16.3. The van der Waals surface area contributed by atoms with Crippen LogP contribution in [0.5, 0.6) is 0 Å². The second kappa shape index (κ2) is 5.02. The number of piperidine rings is 1. The minimum Gasteiger partial charge on any atom is -0.393 e. The van der Waals surface area contributed by atoms with Crippen molar-refractivity contribution in [2.75, 3.05) is 13.1 Å². The maximum atomic E-state index is 10.3. The van der Waals surface area contributed by atoms with Crippen molar-refractivity contribution in [2.45, 2.75) is 44.8 Å². The van der Waals surface area contributed by atoms with Crippen molar-refractivity contribution in [3.05, 3.63) is 35.9 Å². The molecule has 2 nitrogen and oxygen atoms in total. The Balaban J connectivity index is 1.67. The van der Waals surface area contributed by atoms with Gasteiger partial charge in [-0.25, -0.2) is 0 Å². The third kappa shape index (κ3) is 2.32. The number of hydrogen-bond donors (Lipinski definition) is 1. The summed E-state index contributed by atoms with van der Waals surface area (Å²) in [6.45, 7) is 3.31. The highest BCUT2D eigenvalue weighted by molar-refractivity contribution is 5.14. The average Bonchev–Trinajstić information content (AvgIpc) is 2.72. The van der Waals surface area contributed by atoms with Gasteiger partial charge in [0.25, 0.3) is 0 Å². The van der Waals surface area contributed by atoms with Crippen LogP contribution in [0.3, 0.4) is 0 Å². The fourth-order valence-electron chi connectivity index (χ4n) is 3.83. The summed E-state index contributed by atoms with van der Waals surface area (Å²) in [5.41, 5.74) is 1.61. The second-order valence-corrected chi connectivity index (χ2v) is 6.07. The molecule has 1 aliphatic carbocycles. The van der Waals surface area contributed by atoms with Gasteiger partial charge in [0.15, 0.2) is 0 Å². The van der Waals surface area contributed by atoms with Gasteiger partial charge in [0.2, 0.25) is 0 Å². The van der Waals surface area contributed by atoms with Crippen molar-refractivity contribution in [3.63, 3.8) is 0 Å². The monoisotopic (exact) mass is 245 g/mol. The average molecular weight is 245 g/mol. The molecule has 2 atom stereocenters. The molecule has 1 aromatic rings. The van der Waals surface area contributed by atoms with Gasteiger partial charge >= 0.3 is 0 Å². The molecule has 0 aromatic heterocycles. The van der Waals surface area contributed by atoms with Crippen LogP contribution in [0.25, 0.3) is 0 Å². The largest absolute Gasteiger partial charge is 0.393 e. The maximum Gasteiger partial charge on any atom is 0.0608 e. The molecular formula is C16H23NO. The van der Waals surface area contributed by atoms with E-state index in [2.05, 4.69) is 35.2 Å². The van der Waals surface area contributed by atoms with Crippen LogP contribution in [-0.2, 0) is 6.54 Å². The summed E-state index contributed by atoms with van der Waals surface area (Å²) in [6.07, 6.45) is 5.85. The Hall–Kier alpha value is -0.860. The van der Waals surface area contributed by atoms with E-state index in [1.807, 2.05) is 0 Å². The van der Waals surface area contributed by atoms with Crippen molar-refractivity contribution in [3.8, 4) is 0 Å². The van der Waals surface area contributed by atoms with E-state index < -0.39 is 0 Å². The zero-order valence-corrected chi connectivity index (χ0v) is 11.0. The van der Waals surface area contributed by atoms with Crippen LogP contribution < -0.4 is 0 Å². The molecule has 2 aliphatic rings. The van der Waals surface area contributed by atoms with Gasteiger partial charge in [-0.1, -0.05) is 36.8 Å². The fourth-order valence-corrected chi connectivity index (χ4v) is 3.83. The van der Waals surface area contributed by atoms with E-state index >= 15 is 0 Å². The lowest BCUT2D eigenvalue weighted by Gasteiger charge is -2.42. The number of hydrogen-bond acceptors (Lipinski definition) is 2. The van der Waals surface area contributed by atoms with E-state index in [1.54, 1.807) is 0 Å². The molecule has 0 radical (unpaired) electrons. The molecule has 0 amide bonds. The molecule has 0 unspecified atom stereocenters. The molecule has 98 valence electrons. The minimum absolute atomic E-state index is 0.0592. The summed E-state index contributed by atoms with van der Waals surface area (Å²) in [7, 11) is 0. The summed E-state index contributed by atoms with van der Waals surface area (Å²) in [5.74, 6) is 0. The summed E-state index contributed by atoms with van der Waals surface area (Å²) in [4.78, 5) is 2.54. The molecule has 1 N–H and O–H groups in total. The Labute approximate surface area is 110 Å². The van der Waals surface area contributed by atoms with Crippen LogP contribution in [0.2, 0.25) is 0 Å². The molecule has 18 heavy (non-hydrogen) atoms. The number of rotatable bonds is 2. The van der Waals surface area contributed by atoms with Gasteiger partial charge in [0, 0.05) is 18.5 Å². The first kappa shape index (κ1) is 12.2. The van der Waals surface area contributed by atoms with Crippen LogP contribution in [0.4, 0.5) is 0 Å². The Morgan fingerprint density at radius 3 is 2.67 bits per heavy atom. The summed E-state index contributed by atoms with van der Waals surface area (Å²) in [6, 6.07) is 10.7. The number of likely N-dealkylation sites (tertiary alicyclic amines) is 1. The van der Waals surface area contributed by atoms with Crippen LogP contribution in [0.15, 0.2) is 30.3 Å². The molecule has 1 aliphatic heterocycles. The molecule has 1 saturated heterocycles. The Morgan fingerprint density at radius 1 is 1.17 bits per heavy atom. The van der Waals surface area contributed by atoms with Crippen LogP contribution in [0.1, 0.15) is 37.7 Å². The molecular weight excluding hydrogens is 222 g/mol. The predicted octanol–water partition coefficient (Wildman–Crippen LogP) is 2.81. The van der Waals surface area contributed by atoms with E-state index in [1.165, 1.54) is 37.8 Å². The van der Waals surface area contributed by atoms with Gasteiger partial charge in [-0.15, -0.1) is 0 Å². The summed E-state index contributed by atoms with van der Waals surface area (Å²) < 4.78 is 0. The molecule has 1 spiro atoms. The fraction of sp³-hybridized carbons (Fsp3) is 0.625. The van der Waals surface area contributed by atoms with E-state index in [-0.39, 0.29) is 11.5 Å². The minimum atomic E-state index is -0.0592. The van der Waals surface area contributed by atoms with Crippen molar-refractivity contribution >= 4 is 0 Å². The quantitative estimate of drug-likeness (QED) is 0.866. The van der Waals surface area contributed by atoms with Crippen molar-refractivity contribution < 1.29 is 5.11 Å². The SMILES string of the molecule is O[C@@H]1CCC[C@@]12CCCN(Cc1ccccc1)C2. The Kier molecular flexibility index (Phi) is 3.40. The Bertz CT molecular complexity index is 391. The smallest absolute Gasteiger partial charge is 0.0608 e. The van der Waals surface area contributed by atoms with Gasteiger partial charge in [0.1, 0.15) is 0 Å². The Morgan fingerprint density at radius 2 is 1.94 bits per heavy atom. The van der Waals surface area contributed by atoms with Gasteiger partial charge < -0.3 is 5.11 Å². The third-order valence-electron chi connectivity index (χ3n) is 4.80. The molecule has 1 heterocycles. The van der Waals surface area contributed by atoms with E-state index in [4.69, 9.17) is 0 Å². The summed E-state index contributed by atoms with van der Waals surface area (Å²) in [5, 5.41) is 10.3. The van der Waals surface area contributed by atoms with E-state index in [9.17, 15) is 5.11 Å². The van der Waals surface area contributed by atoms with Gasteiger partial charge in [-0.05, 0) is 37.8 Å². The highest BCUT2D eigenvalue weighted by Gasteiger charge is 2.44. The molecule has 1 aromatic carbocycles. The maximum absolute atomic E-state index is 10.3. The van der Waals surface area contributed by atoms with Crippen molar-refractivity contribution in [1.82, 2.24) is 4.90 Å². The topological polar surface area (TPSA) is 23.5 Å². The lowest BCUT2D eigenvalue weighted by molar-refractivity contribution is -0.0120. The summed E-state index contributed by atoms with van der Waals surface area (Å²) >= 11 is 0.